The Labute approximate surface area is 82.4 Å². The van der Waals surface area contributed by atoms with Crippen molar-refractivity contribution >= 4 is 23.2 Å². The topological polar surface area (TPSA) is 25.2 Å². The Morgan fingerprint density at radius 2 is 2.00 bits per heavy atom. The van der Waals surface area contributed by atoms with Crippen molar-refractivity contribution in [1.29, 1.82) is 0 Å². The molecule has 0 aliphatic heterocycles. The molecule has 0 radical (unpaired) electrons. The third-order valence-corrected chi connectivity index (χ3v) is 2.59. The van der Waals surface area contributed by atoms with Crippen LogP contribution in [0.2, 0.25) is 0 Å². The number of hydrogen-bond acceptors (Lipinski definition) is 1. The normalized spacial score (nSPS) is 13.3. The Morgan fingerprint density at radius 3 is 2.64 bits per heavy atom. The maximum absolute atomic E-state index is 9.58. The van der Waals surface area contributed by atoms with E-state index in [1.54, 1.807) is 6.92 Å². The van der Waals surface area contributed by atoms with E-state index < -0.39 is 0 Å². The van der Waals surface area contributed by atoms with E-state index in [0.29, 0.717) is 5.76 Å². The minimum atomic E-state index is 0.326. The average Bonchev–Trinajstić information content (AvgIpc) is 2.41. The molecule has 14 heavy (non-hydrogen) atoms. The number of aryl methyl sites for hydroxylation is 1. The average molecular weight is 187 g/mol. The Balaban J connectivity index is 3.21. The summed E-state index contributed by atoms with van der Waals surface area (Å²) in [7, 11) is 1.96. The number of aliphatic hydroxyl groups is 1. The molecule has 2 nitrogen and oxygen atoms in total. The van der Waals surface area contributed by atoms with Gasteiger partial charge in [-0.3, -0.25) is 0 Å². The lowest BCUT2D eigenvalue weighted by atomic mass is 10.2. The van der Waals surface area contributed by atoms with Crippen molar-refractivity contribution in [1.82, 2.24) is 4.57 Å². The second-order valence-electron chi connectivity index (χ2n) is 3.48. The van der Waals surface area contributed by atoms with Crippen molar-refractivity contribution < 1.29 is 5.11 Å². The molecule has 0 saturated carbocycles. The SMILES string of the molecule is C=c1/c(=C(\C)O)c2ccccc2n1C. The zero-order valence-corrected chi connectivity index (χ0v) is 8.41. The monoisotopic (exact) mass is 187 g/mol. The van der Waals surface area contributed by atoms with Crippen LogP contribution in [0.4, 0.5) is 0 Å². The highest BCUT2D eigenvalue weighted by molar-refractivity contribution is 5.82. The predicted molar refractivity (Wildman–Crippen MR) is 59.4 cm³/mol. The summed E-state index contributed by atoms with van der Waals surface area (Å²) in [4.78, 5) is 0. The number of rotatable bonds is 0. The van der Waals surface area contributed by atoms with Crippen molar-refractivity contribution in [3.8, 4) is 0 Å². The smallest absolute Gasteiger partial charge is 0.0991 e. The Kier molecular flexibility index (Phi) is 1.84. The van der Waals surface area contributed by atoms with E-state index in [-0.39, 0.29) is 0 Å². The number of aliphatic hydroxyl groups excluding tert-OH is 1. The van der Waals surface area contributed by atoms with Crippen LogP contribution < -0.4 is 10.6 Å². The summed E-state index contributed by atoms with van der Waals surface area (Å²) in [6.07, 6.45) is 0. The van der Waals surface area contributed by atoms with E-state index in [9.17, 15) is 5.11 Å². The van der Waals surface area contributed by atoms with E-state index in [1.165, 1.54) is 0 Å². The van der Waals surface area contributed by atoms with Crippen molar-refractivity contribution in [2.24, 2.45) is 7.05 Å². The fraction of sp³-hybridized carbons (Fsp3) is 0.167. The van der Waals surface area contributed by atoms with E-state index in [2.05, 4.69) is 6.58 Å². The summed E-state index contributed by atoms with van der Waals surface area (Å²) in [5, 5.41) is 12.3. The van der Waals surface area contributed by atoms with Gasteiger partial charge < -0.3 is 9.67 Å². The number of aromatic nitrogens is 1. The molecule has 2 heteroatoms. The fourth-order valence-corrected chi connectivity index (χ4v) is 1.85. The minimum Gasteiger partial charge on any atom is -0.512 e. The largest absolute Gasteiger partial charge is 0.512 e. The number of hydrogen-bond donors (Lipinski definition) is 1. The Bertz CT molecular complexity index is 589. The maximum Gasteiger partial charge on any atom is 0.0991 e. The van der Waals surface area contributed by atoms with Crippen LogP contribution in [0, 0.1) is 0 Å². The molecule has 0 amide bonds. The summed E-state index contributed by atoms with van der Waals surface area (Å²) in [6.45, 7) is 5.65. The quantitative estimate of drug-likeness (QED) is 0.660. The maximum atomic E-state index is 9.58. The number of benzene rings is 1. The predicted octanol–water partition coefficient (Wildman–Crippen LogP) is 1.27. The van der Waals surface area contributed by atoms with Crippen molar-refractivity contribution in [2.75, 3.05) is 0 Å². The highest BCUT2D eigenvalue weighted by Crippen LogP contribution is 2.06. The highest BCUT2D eigenvalue weighted by atomic mass is 16.3. The lowest BCUT2D eigenvalue weighted by molar-refractivity contribution is 0.499. The first-order chi connectivity index (χ1) is 6.63. The van der Waals surface area contributed by atoms with Crippen LogP contribution in [0.1, 0.15) is 6.92 Å². The number of nitrogens with zero attached hydrogens (tertiary/aromatic N) is 1. The van der Waals surface area contributed by atoms with Crippen molar-refractivity contribution in [3.63, 3.8) is 0 Å². The standard InChI is InChI=1S/C12H13NO/c1-8-12(9(2)14)10-6-4-5-7-11(10)13(8)3/h4-7,14H,1H2,2-3H3/b12-9-. The summed E-state index contributed by atoms with van der Waals surface area (Å²) in [5.74, 6) is 0.326. The van der Waals surface area contributed by atoms with Crippen LogP contribution in [-0.2, 0) is 7.05 Å². The third-order valence-electron chi connectivity index (χ3n) is 2.59. The Morgan fingerprint density at radius 1 is 1.36 bits per heavy atom. The van der Waals surface area contributed by atoms with Crippen LogP contribution in [0.5, 0.6) is 0 Å². The first-order valence-electron chi connectivity index (χ1n) is 4.55. The zero-order valence-electron chi connectivity index (χ0n) is 8.41. The van der Waals surface area contributed by atoms with Gasteiger partial charge in [0.2, 0.25) is 0 Å². The lowest BCUT2D eigenvalue weighted by Crippen LogP contribution is -2.27. The number of fused-ring (bicyclic) bond motifs is 1. The van der Waals surface area contributed by atoms with Gasteiger partial charge in [0.25, 0.3) is 0 Å². The molecule has 1 aromatic carbocycles. The fourth-order valence-electron chi connectivity index (χ4n) is 1.85. The van der Waals surface area contributed by atoms with Gasteiger partial charge in [0.05, 0.1) is 5.76 Å². The molecule has 0 atom stereocenters. The van der Waals surface area contributed by atoms with E-state index in [4.69, 9.17) is 0 Å². The second kappa shape index (κ2) is 2.91. The van der Waals surface area contributed by atoms with Gasteiger partial charge in [-0.15, -0.1) is 0 Å². The molecular formula is C12H13NO. The van der Waals surface area contributed by atoms with Gasteiger partial charge in [-0.1, -0.05) is 24.8 Å². The van der Waals surface area contributed by atoms with Crippen LogP contribution in [0.15, 0.2) is 24.3 Å². The second-order valence-corrected chi connectivity index (χ2v) is 3.48. The summed E-state index contributed by atoms with van der Waals surface area (Å²) < 4.78 is 1.99. The molecule has 0 spiro atoms. The molecule has 1 heterocycles. The zero-order chi connectivity index (χ0) is 10.3. The molecule has 1 N–H and O–H groups in total. The van der Waals surface area contributed by atoms with Gasteiger partial charge in [0.1, 0.15) is 0 Å². The van der Waals surface area contributed by atoms with Gasteiger partial charge >= 0.3 is 0 Å². The molecule has 0 bridgehead atoms. The van der Waals surface area contributed by atoms with E-state index in [1.807, 2.05) is 35.9 Å². The molecular weight excluding hydrogens is 174 g/mol. The Hall–Kier alpha value is -1.70. The number of para-hydroxylation sites is 1. The molecule has 0 unspecified atom stereocenters. The molecule has 0 saturated heterocycles. The molecule has 2 aromatic rings. The van der Waals surface area contributed by atoms with Crippen LogP contribution in [-0.4, -0.2) is 9.67 Å². The molecule has 0 aliphatic rings. The van der Waals surface area contributed by atoms with Crippen LogP contribution in [0.3, 0.4) is 0 Å². The lowest BCUT2D eigenvalue weighted by Gasteiger charge is -1.93. The van der Waals surface area contributed by atoms with Gasteiger partial charge in [0.15, 0.2) is 0 Å². The first kappa shape index (κ1) is 8.88. The van der Waals surface area contributed by atoms with E-state index >= 15 is 0 Å². The van der Waals surface area contributed by atoms with Crippen LogP contribution in [0.25, 0.3) is 23.2 Å². The summed E-state index contributed by atoms with van der Waals surface area (Å²) in [5.41, 5.74) is 1.10. The van der Waals surface area contributed by atoms with Gasteiger partial charge in [-0.2, -0.15) is 0 Å². The summed E-state index contributed by atoms with van der Waals surface area (Å²) >= 11 is 0. The van der Waals surface area contributed by atoms with Crippen molar-refractivity contribution in [3.05, 3.63) is 34.8 Å². The van der Waals surface area contributed by atoms with Gasteiger partial charge in [0, 0.05) is 28.5 Å². The molecule has 2 rings (SSSR count). The van der Waals surface area contributed by atoms with E-state index in [0.717, 1.165) is 21.5 Å². The third kappa shape index (κ3) is 1.04. The molecule has 1 aromatic heterocycles. The first-order valence-corrected chi connectivity index (χ1v) is 4.55. The molecule has 0 fully saturated rings. The van der Waals surface area contributed by atoms with Gasteiger partial charge in [-0.25, -0.2) is 0 Å². The van der Waals surface area contributed by atoms with Crippen LogP contribution >= 0.6 is 0 Å². The van der Waals surface area contributed by atoms with Gasteiger partial charge in [-0.05, 0) is 13.0 Å². The van der Waals surface area contributed by atoms with Crippen molar-refractivity contribution in [2.45, 2.75) is 6.92 Å². The minimum absolute atomic E-state index is 0.326. The highest BCUT2D eigenvalue weighted by Gasteiger charge is 2.03. The molecule has 72 valence electrons. The summed E-state index contributed by atoms with van der Waals surface area (Å²) in [6, 6.07) is 7.97. The molecule has 0 aliphatic carbocycles.